The molecule has 1 nitrogen and oxygen atoms in total. The molecule has 1 saturated carbocycles. The molecule has 0 radical (unpaired) electrons. The molecule has 2 aliphatic rings. The first-order chi connectivity index (χ1) is 6.13. The highest BCUT2D eigenvalue weighted by atomic mass is 15.2. The van der Waals surface area contributed by atoms with Crippen LogP contribution in [-0.4, -0.2) is 24.0 Å². The first-order valence-electron chi connectivity index (χ1n) is 5.87. The largest absolute Gasteiger partial charge is 0.300 e. The minimum absolute atomic E-state index is 0.790. The predicted molar refractivity (Wildman–Crippen MR) is 56.8 cm³/mol. The van der Waals surface area contributed by atoms with Crippen LogP contribution in [0.2, 0.25) is 0 Å². The van der Waals surface area contributed by atoms with E-state index in [4.69, 9.17) is 0 Å². The van der Waals surface area contributed by atoms with Crippen LogP contribution in [0.25, 0.3) is 0 Å². The topological polar surface area (TPSA) is 3.24 Å². The highest BCUT2D eigenvalue weighted by Gasteiger charge is 2.46. The Balaban J connectivity index is 1.92. The van der Waals surface area contributed by atoms with Crippen LogP contribution in [-0.2, 0) is 0 Å². The normalized spacial score (nSPS) is 29.5. The molecule has 1 atom stereocenters. The summed E-state index contributed by atoms with van der Waals surface area (Å²) in [6.07, 6.45) is 5.97. The van der Waals surface area contributed by atoms with Crippen molar-refractivity contribution in [2.75, 3.05) is 13.1 Å². The van der Waals surface area contributed by atoms with Crippen LogP contribution in [0.5, 0.6) is 0 Å². The van der Waals surface area contributed by atoms with Crippen molar-refractivity contribution in [3.63, 3.8) is 0 Å². The van der Waals surface area contributed by atoms with Crippen LogP contribution in [0, 0.1) is 11.3 Å². The van der Waals surface area contributed by atoms with Crippen molar-refractivity contribution >= 4 is 0 Å². The molecular formula is C12H23N. The molecule has 1 aliphatic carbocycles. The number of piperidine rings is 1. The molecule has 0 amide bonds. The van der Waals surface area contributed by atoms with Crippen molar-refractivity contribution < 1.29 is 0 Å². The van der Waals surface area contributed by atoms with E-state index in [1.54, 1.807) is 0 Å². The number of likely N-dealkylation sites (tertiary alicyclic amines) is 1. The van der Waals surface area contributed by atoms with E-state index < -0.39 is 0 Å². The van der Waals surface area contributed by atoms with Crippen molar-refractivity contribution in [3.8, 4) is 0 Å². The van der Waals surface area contributed by atoms with Gasteiger partial charge in [0, 0.05) is 12.6 Å². The molecule has 1 aliphatic heterocycles. The van der Waals surface area contributed by atoms with Gasteiger partial charge in [-0.15, -0.1) is 0 Å². The second-order valence-electron chi connectivity index (χ2n) is 5.56. The van der Waals surface area contributed by atoms with Gasteiger partial charge in [-0.1, -0.05) is 13.8 Å². The molecule has 76 valence electrons. The van der Waals surface area contributed by atoms with Crippen molar-refractivity contribution in [2.24, 2.45) is 11.3 Å². The third-order valence-electron chi connectivity index (χ3n) is 4.19. The summed E-state index contributed by atoms with van der Waals surface area (Å²) in [4.78, 5) is 2.72. The summed E-state index contributed by atoms with van der Waals surface area (Å²) in [7, 11) is 0. The highest BCUT2D eigenvalue weighted by molar-refractivity contribution is 4.98. The maximum absolute atomic E-state index is 2.72. The molecule has 1 saturated heterocycles. The minimum atomic E-state index is 0.790. The maximum atomic E-state index is 2.72. The second kappa shape index (κ2) is 3.27. The quantitative estimate of drug-likeness (QED) is 0.633. The van der Waals surface area contributed by atoms with Gasteiger partial charge in [-0.2, -0.15) is 0 Å². The highest BCUT2D eigenvalue weighted by Crippen LogP contribution is 2.52. The van der Waals surface area contributed by atoms with E-state index in [-0.39, 0.29) is 0 Å². The second-order valence-corrected chi connectivity index (χ2v) is 5.56. The van der Waals surface area contributed by atoms with Crippen LogP contribution in [0.3, 0.4) is 0 Å². The Morgan fingerprint density at radius 1 is 1.08 bits per heavy atom. The van der Waals surface area contributed by atoms with Crippen LogP contribution >= 0.6 is 0 Å². The van der Waals surface area contributed by atoms with Gasteiger partial charge in [-0.3, -0.25) is 4.90 Å². The minimum Gasteiger partial charge on any atom is -0.300 e. The lowest BCUT2D eigenvalue weighted by Gasteiger charge is -2.38. The number of hydrogen-bond donors (Lipinski definition) is 0. The zero-order chi connectivity index (χ0) is 9.47. The molecule has 1 heterocycles. The summed E-state index contributed by atoms with van der Waals surface area (Å²) in [5.41, 5.74) is 0.793. The van der Waals surface area contributed by atoms with Crippen molar-refractivity contribution in [3.05, 3.63) is 0 Å². The Hall–Kier alpha value is -0.0400. The molecule has 2 fully saturated rings. The third kappa shape index (κ3) is 1.90. The van der Waals surface area contributed by atoms with Gasteiger partial charge in [0.1, 0.15) is 0 Å². The summed E-state index contributed by atoms with van der Waals surface area (Å²) in [5, 5.41) is 0. The first-order valence-corrected chi connectivity index (χ1v) is 5.87. The maximum Gasteiger partial charge on any atom is 0.00901 e. The average molecular weight is 181 g/mol. The van der Waals surface area contributed by atoms with Gasteiger partial charge in [0.15, 0.2) is 0 Å². The molecule has 1 unspecified atom stereocenters. The Bertz CT molecular complexity index is 182. The lowest BCUT2D eigenvalue weighted by Crippen LogP contribution is -2.44. The molecule has 0 bridgehead atoms. The molecule has 0 aromatic rings. The molecule has 0 aromatic heterocycles. The molecular weight excluding hydrogens is 158 g/mol. The Kier molecular flexibility index (Phi) is 2.39. The zero-order valence-electron chi connectivity index (χ0n) is 9.34. The van der Waals surface area contributed by atoms with Gasteiger partial charge in [0.25, 0.3) is 0 Å². The summed E-state index contributed by atoms with van der Waals surface area (Å²) in [5.74, 6) is 0.814. The van der Waals surface area contributed by atoms with Crippen molar-refractivity contribution in [1.29, 1.82) is 0 Å². The Morgan fingerprint density at radius 3 is 2.31 bits per heavy atom. The fourth-order valence-electron chi connectivity index (χ4n) is 2.60. The van der Waals surface area contributed by atoms with E-state index in [0.29, 0.717) is 0 Å². The number of hydrogen-bond acceptors (Lipinski definition) is 1. The smallest absolute Gasteiger partial charge is 0.00901 e. The standard InChI is InChI=1S/C12H23N/c1-10(2)11(3)13-8-4-5-12(9-13)6-7-12/h10-11H,4-9H2,1-3H3. The molecule has 1 spiro atoms. The van der Waals surface area contributed by atoms with E-state index in [2.05, 4.69) is 25.7 Å². The van der Waals surface area contributed by atoms with E-state index in [1.807, 2.05) is 0 Å². The van der Waals surface area contributed by atoms with E-state index in [9.17, 15) is 0 Å². The van der Waals surface area contributed by atoms with Gasteiger partial charge >= 0.3 is 0 Å². The predicted octanol–water partition coefficient (Wildman–Crippen LogP) is 2.91. The lowest BCUT2D eigenvalue weighted by atomic mass is 9.92. The number of rotatable bonds is 2. The van der Waals surface area contributed by atoms with Crippen LogP contribution < -0.4 is 0 Å². The first kappa shape index (κ1) is 9.51. The molecule has 0 aromatic carbocycles. The average Bonchev–Trinajstić information content (AvgIpc) is 2.83. The molecule has 13 heavy (non-hydrogen) atoms. The zero-order valence-corrected chi connectivity index (χ0v) is 9.34. The van der Waals surface area contributed by atoms with Crippen LogP contribution in [0.15, 0.2) is 0 Å². The Labute approximate surface area is 82.5 Å². The molecule has 1 heteroatoms. The lowest BCUT2D eigenvalue weighted by molar-refractivity contribution is 0.0962. The van der Waals surface area contributed by atoms with Gasteiger partial charge in [0.05, 0.1) is 0 Å². The fourth-order valence-corrected chi connectivity index (χ4v) is 2.60. The fraction of sp³-hybridized carbons (Fsp3) is 1.00. The van der Waals surface area contributed by atoms with Crippen molar-refractivity contribution in [2.45, 2.75) is 52.5 Å². The van der Waals surface area contributed by atoms with Crippen LogP contribution in [0.1, 0.15) is 46.5 Å². The summed E-state index contributed by atoms with van der Waals surface area (Å²) < 4.78 is 0. The summed E-state index contributed by atoms with van der Waals surface area (Å²) >= 11 is 0. The van der Waals surface area contributed by atoms with E-state index in [1.165, 1.54) is 38.8 Å². The van der Waals surface area contributed by atoms with Crippen LogP contribution in [0.4, 0.5) is 0 Å². The van der Waals surface area contributed by atoms with E-state index in [0.717, 1.165) is 17.4 Å². The molecule has 2 rings (SSSR count). The monoisotopic (exact) mass is 181 g/mol. The SMILES string of the molecule is CC(C)C(C)N1CCCC2(CC2)C1. The molecule has 0 N–H and O–H groups in total. The van der Waals surface area contributed by atoms with Gasteiger partial charge in [0.2, 0.25) is 0 Å². The Morgan fingerprint density at radius 2 is 1.77 bits per heavy atom. The van der Waals surface area contributed by atoms with E-state index >= 15 is 0 Å². The van der Waals surface area contributed by atoms with Gasteiger partial charge < -0.3 is 0 Å². The van der Waals surface area contributed by atoms with Crippen molar-refractivity contribution in [1.82, 2.24) is 4.90 Å². The van der Waals surface area contributed by atoms with Gasteiger partial charge in [-0.25, -0.2) is 0 Å². The third-order valence-corrected chi connectivity index (χ3v) is 4.19. The summed E-state index contributed by atoms with van der Waals surface area (Å²) in [6.45, 7) is 9.83. The number of nitrogens with zero attached hydrogens (tertiary/aromatic N) is 1. The van der Waals surface area contributed by atoms with Gasteiger partial charge in [-0.05, 0) is 50.5 Å². The summed E-state index contributed by atoms with van der Waals surface area (Å²) in [6, 6.07) is 0.790.